The number of halogens is 3. The summed E-state index contributed by atoms with van der Waals surface area (Å²) in [6.07, 6.45) is -4.46. The zero-order valence-electron chi connectivity index (χ0n) is 11.8. The Hall–Kier alpha value is -1.60. The summed E-state index contributed by atoms with van der Waals surface area (Å²) >= 11 is 0. The first kappa shape index (κ1) is 15.8. The number of benzene rings is 1. The van der Waals surface area contributed by atoms with Gasteiger partial charge in [0.2, 0.25) is 0 Å². The summed E-state index contributed by atoms with van der Waals surface area (Å²) in [5.74, 6) is -0.519. The fraction of sp³-hybridized carbons (Fsp3) is 0.500. The minimum Gasteiger partial charge on any atom is -0.355 e. The van der Waals surface area contributed by atoms with Crippen molar-refractivity contribution in [3.05, 3.63) is 34.9 Å². The van der Waals surface area contributed by atoms with Crippen LogP contribution in [0.15, 0.2) is 18.2 Å². The molecule has 0 aliphatic carbocycles. The molecule has 1 saturated heterocycles. The second kappa shape index (κ2) is 6.44. The van der Waals surface area contributed by atoms with Gasteiger partial charge in [0.1, 0.15) is 0 Å². The third-order valence-electron chi connectivity index (χ3n) is 3.51. The van der Waals surface area contributed by atoms with Gasteiger partial charge in [0.25, 0.3) is 5.91 Å². The van der Waals surface area contributed by atoms with Crippen LogP contribution in [0.5, 0.6) is 0 Å². The van der Waals surface area contributed by atoms with E-state index in [1.165, 1.54) is 19.2 Å². The highest BCUT2D eigenvalue weighted by atomic mass is 19.4. The van der Waals surface area contributed by atoms with E-state index in [0.29, 0.717) is 13.1 Å². The smallest absolute Gasteiger partial charge is 0.355 e. The van der Waals surface area contributed by atoms with Gasteiger partial charge in [0.15, 0.2) is 0 Å². The fourth-order valence-electron chi connectivity index (χ4n) is 2.37. The molecule has 0 aromatic heterocycles. The van der Waals surface area contributed by atoms with Crippen LogP contribution >= 0.6 is 0 Å². The van der Waals surface area contributed by atoms with Crippen molar-refractivity contribution in [2.75, 3.05) is 33.2 Å². The third-order valence-corrected chi connectivity index (χ3v) is 3.51. The van der Waals surface area contributed by atoms with E-state index in [0.717, 1.165) is 19.2 Å². The highest BCUT2D eigenvalue weighted by Crippen LogP contribution is 2.33. The maximum Gasteiger partial charge on any atom is 0.416 e. The number of nitrogens with one attached hydrogen (secondary N) is 2. The van der Waals surface area contributed by atoms with Gasteiger partial charge in [-0.3, -0.25) is 9.69 Å². The highest BCUT2D eigenvalue weighted by Gasteiger charge is 2.34. The van der Waals surface area contributed by atoms with E-state index in [4.69, 9.17) is 0 Å². The molecular weight excluding hydrogens is 283 g/mol. The summed E-state index contributed by atoms with van der Waals surface area (Å²) in [5, 5.41) is 5.50. The first-order valence-corrected chi connectivity index (χ1v) is 6.77. The van der Waals surface area contributed by atoms with Crippen LogP contribution in [0.2, 0.25) is 0 Å². The normalized spacial score (nSPS) is 16.8. The zero-order chi connectivity index (χ0) is 15.5. The van der Waals surface area contributed by atoms with E-state index in [1.807, 2.05) is 4.90 Å². The Morgan fingerprint density at radius 2 is 2.00 bits per heavy atom. The van der Waals surface area contributed by atoms with E-state index in [2.05, 4.69) is 10.6 Å². The van der Waals surface area contributed by atoms with Gasteiger partial charge < -0.3 is 10.6 Å². The van der Waals surface area contributed by atoms with Crippen LogP contribution in [0.4, 0.5) is 13.2 Å². The minimum absolute atomic E-state index is 0.0221. The molecule has 7 heteroatoms. The van der Waals surface area contributed by atoms with Gasteiger partial charge in [-0.15, -0.1) is 0 Å². The lowest BCUT2D eigenvalue weighted by Crippen LogP contribution is -2.43. The van der Waals surface area contributed by atoms with E-state index in [-0.39, 0.29) is 17.7 Å². The maximum atomic E-state index is 13.2. The second-order valence-corrected chi connectivity index (χ2v) is 4.97. The van der Waals surface area contributed by atoms with Crippen molar-refractivity contribution in [2.45, 2.75) is 12.7 Å². The zero-order valence-corrected chi connectivity index (χ0v) is 11.8. The molecule has 21 heavy (non-hydrogen) atoms. The van der Waals surface area contributed by atoms with Crippen molar-refractivity contribution in [1.82, 2.24) is 15.5 Å². The second-order valence-electron chi connectivity index (χ2n) is 4.97. The Morgan fingerprint density at radius 1 is 1.33 bits per heavy atom. The molecule has 1 heterocycles. The SMILES string of the molecule is CNC(=O)c1ccc(CN2CCNCC2)c(C(F)(F)F)c1. The van der Waals surface area contributed by atoms with Crippen molar-refractivity contribution in [2.24, 2.45) is 0 Å². The van der Waals surface area contributed by atoms with E-state index in [9.17, 15) is 18.0 Å². The Balaban J connectivity index is 2.28. The standard InChI is InChI=1S/C14H18F3N3O/c1-18-13(21)10-2-3-11(12(8-10)14(15,16)17)9-20-6-4-19-5-7-20/h2-3,8,19H,4-7,9H2,1H3,(H,18,21). The van der Waals surface area contributed by atoms with Crippen LogP contribution in [0.25, 0.3) is 0 Å². The number of amides is 1. The number of alkyl halides is 3. The molecule has 4 nitrogen and oxygen atoms in total. The van der Waals surface area contributed by atoms with Gasteiger partial charge in [-0.2, -0.15) is 13.2 Å². The largest absolute Gasteiger partial charge is 0.416 e. The Bertz CT molecular complexity index is 511. The maximum absolute atomic E-state index is 13.2. The fourth-order valence-corrected chi connectivity index (χ4v) is 2.37. The predicted octanol–water partition coefficient (Wildman–Crippen LogP) is 1.47. The molecule has 1 fully saturated rings. The Labute approximate surface area is 121 Å². The number of hydrogen-bond donors (Lipinski definition) is 2. The molecule has 0 saturated carbocycles. The van der Waals surface area contributed by atoms with Crippen molar-refractivity contribution in [1.29, 1.82) is 0 Å². The van der Waals surface area contributed by atoms with E-state index >= 15 is 0 Å². The number of hydrogen-bond acceptors (Lipinski definition) is 3. The number of rotatable bonds is 3. The number of carbonyl (C=O) groups excluding carboxylic acids is 1. The summed E-state index contributed by atoms with van der Waals surface area (Å²) in [5.41, 5.74) is -0.506. The number of carbonyl (C=O) groups is 1. The van der Waals surface area contributed by atoms with Crippen molar-refractivity contribution < 1.29 is 18.0 Å². The molecule has 1 aromatic carbocycles. The molecule has 2 N–H and O–H groups in total. The van der Waals surface area contributed by atoms with Crippen LogP contribution in [0, 0.1) is 0 Å². The van der Waals surface area contributed by atoms with Crippen LogP contribution in [0.1, 0.15) is 21.5 Å². The lowest BCUT2D eigenvalue weighted by Gasteiger charge is -2.28. The summed E-state index contributed by atoms with van der Waals surface area (Å²) < 4.78 is 39.6. The first-order valence-electron chi connectivity index (χ1n) is 6.77. The predicted molar refractivity (Wildman–Crippen MR) is 73.0 cm³/mol. The molecule has 0 radical (unpaired) electrons. The molecule has 1 aromatic rings. The minimum atomic E-state index is -4.46. The Kier molecular flexibility index (Phi) is 4.84. The first-order chi connectivity index (χ1) is 9.91. The average molecular weight is 301 g/mol. The molecule has 2 rings (SSSR count). The Morgan fingerprint density at radius 3 is 2.57 bits per heavy atom. The molecule has 0 atom stereocenters. The topological polar surface area (TPSA) is 44.4 Å². The lowest BCUT2D eigenvalue weighted by atomic mass is 10.0. The quantitative estimate of drug-likeness (QED) is 0.888. The molecule has 0 unspecified atom stereocenters. The summed E-state index contributed by atoms with van der Waals surface area (Å²) in [6, 6.07) is 3.76. The van der Waals surface area contributed by atoms with Crippen molar-refractivity contribution in [3.8, 4) is 0 Å². The van der Waals surface area contributed by atoms with Crippen LogP contribution < -0.4 is 10.6 Å². The summed E-state index contributed by atoms with van der Waals surface area (Å²) in [7, 11) is 1.39. The molecular formula is C14H18F3N3O. The number of nitrogens with zero attached hydrogens (tertiary/aromatic N) is 1. The molecule has 116 valence electrons. The lowest BCUT2D eigenvalue weighted by molar-refractivity contribution is -0.138. The molecule has 1 aliphatic heterocycles. The van der Waals surface area contributed by atoms with Gasteiger partial charge in [0, 0.05) is 45.3 Å². The van der Waals surface area contributed by atoms with Crippen molar-refractivity contribution >= 4 is 5.91 Å². The van der Waals surface area contributed by atoms with Gasteiger partial charge in [-0.25, -0.2) is 0 Å². The average Bonchev–Trinajstić information content (AvgIpc) is 2.47. The van der Waals surface area contributed by atoms with Gasteiger partial charge in [0.05, 0.1) is 5.56 Å². The number of piperazine rings is 1. The van der Waals surface area contributed by atoms with Crippen LogP contribution in [0.3, 0.4) is 0 Å². The van der Waals surface area contributed by atoms with Crippen molar-refractivity contribution in [3.63, 3.8) is 0 Å². The molecule has 0 spiro atoms. The highest BCUT2D eigenvalue weighted by molar-refractivity contribution is 5.94. The third kappa shape index (κ3) is 3.95. The molecule has 1 amide bonds. The monoisotopic (exact) mass is 301 g/mol. The summed E-state index contributed by atoms with van der Waals surface area (Å²) in [6.45, 7) is 3.23. The summed E-state index contributed by atoms with van der Waals surface area (Å²) in [4.78, 5) is 13.5. The van der Waals surface area contributed by atoms with E-state index < -0.39 is 17.6 Å². The van der Waals surface area contributed by atoms with Crippen LogP contribution in [-0.4, -0.2) is 44.0 Å². The van der Waals surface area contributed by atoms with Gasteiger partial charge in [-0.05, 0) is 17.7 Å². The molecule has 1 aliphatic rings. The van der Waals surface area contributed by atoms with E-state index in [1.54, 1.807) is 0 Å². The van der Waals surface area contributed by atoms with Crippen LogP contribution in [-0.2, 0) is 12.7 Å². The van der Waals surface area contributed by atoms with Gasteiger partial charge >= 0.3 is 6.18 Å². The molecule has 0 bridgehead atoms. The van der Waals surface area contributed by atoms with Gasteiger partial charge in [-0.1, -0.05) is 6.07 Å².